The second kappa shape index (κ2) is 9.65. The Bertz CT molecular complexity index is 1340. The number of hydrazone groups is 1. The van der Waals surface area contributed by atoms with Crippen LogP contribution in [0.4, 0.5) is 11.4 Å². The highest BCUT2D eigenvalue weighted by molar-refractivity contribution is 6.26. The van der Waals surface area contributed by atoms with E-state index in [1.54, 1.807) is 24.3 Å². The zero-order valence-electron chi connectivity index (χ0n) is 19.0. The molecular weight excluding hydrogens is 436 g/mol. The fraction of sp³-hybridized carbons (Fsp3) is 0.0690. The molecule has 35 heavy (non-hydrogen) atoms. The minimum atomic E-state index is -1.58. The van der Waals surface area contributed by atoms with Gasteiger partial charge in [-0.2, -0.15) is 10.1 Å². The Balaban J connectivity index is 1.62. The molecule has 0 aromatic heterocycles. The van der Waals surface area contributed by atoms with Gasteiger partial charge < -0.3 is 10.6 Å². The lowest BCUT2D eigenvalue weighted by Crippen LogP contribution is -2.65. The molecule has 1 aliphatic heterocycles. The first-order valence-electron chi connectivity index (χ1n) is 11.4. The van der Waals surface area contributed by atoms with E-state index in [1.807, 2.05) is 97.1 Å². The van der Waals surface area contributed by atoms with Crippen molar-refractivity contribution >= 4 is 28.9 Å². The van der Waals surface area contributed by atoms with E-state index in [4.69, 9.17) is 5.10 Å². The van der Waals surface area contributed by atoms with Gasteiger partial charge >= 0.3 is 0 Å². The Kier molecular flexibility index (Phi) is 6.09. The Morgan fingerprint density at radius 1 is 0.743 bits per heavy atom. The molecule has 2 amide bonds. The number of anilines is 2. The predicted molar refractivity (Wildman–Crippen MR) is 138 cm³/mol. The van der Waals surface area contributed by atoms with Gasteiger partial charge in [-0.1, -0.05) is 84.9 Å². The van der Waals surface area contributed by atoms with Crippen LogP contribution in [0.25, 0.3) is 0 Å². The van der Waals surface area contributed by atoms with Crippen LogP contribution in [0.3, 0.4) is 0 Å². The van der Waals surface area contributed by atoms with Gasteiger partial charge in [0.2, 0.25) is 5.66 Å². The lowest BCUT2D eigenvalue weighted by Gasteiger charge is -2.32. The minimum Gasteiger partial charge on any atom is -0.350 e. The van der Waals surface area contributed by atoms with Crippen LogP contribution in [0, 0.1) is 0 Å². The summed E-state index contributed by atoms with van der Waals surface area (Å²) in [6.07, 6.45) is 0.366. The molecule has 2 N–H and O–H groups in total. The highest BCUT2D eigenvalue weighted by atomic mass is 16.2. The van der Waals surface area contributed by atoms with E-state index in [0.717, 1.165) is 5.56 Å². The van der Waals surface area contributed by atoms with Crippen LogP contribution in [0.5, 0.6) is 0 Å². The summed E-state index contributed by atoms with van der Waals surface area (Å²) in [6, 6.07) is 37.2. The molecule has 1 aliphatic rings. The summed E-state index contributed by atoms with van der Waals surface area (Å²) in [6.45, 7) is 0. The van der Waals surface area contributed by atoms with Gasteiger partial charge in [0.25, 0.3) is 11.8 Å². The van der Waals surface area contributed by atoms with E-state index in [1.165, 1.54) is 5.01 Å². The number of para-hydroxylation sites is 2. The lowest BCUT2D eigenvalue weighted by molar-refractivity contribution is -0.120. The Morgan fingerprint density at radius 2 is 1.29 bits per heavy atom. The van der Waals surface area contributed by atoms with Gasteiger partial charge in [0.15, 0.2) is 0 Å². The van der Waals surface area contributed by atoms with Crippen molar-refractivity contribution in [3.8, 4) is 0 Å². The second-order valence-corrected chi connectivity index (χ2v) is 8.22. The van der Waals surface area contributed by atoms with Crippen LogP contribution < -0.4 is 15.6 Å². The third kappa shape index (κ3) is 4.54. The Labute approximate surface area is 203 Å². The average Bonchev–Trinajstić information content (AvgIpc) is 3.17. The maximum atomic E-state index is 14.1. The highest BCUT2D eigenvalue weighted by Crippen LogP contribution is 2.30. The van der Waals surface area contributed by atoms with Crippen LogP contribution in [-0.2, 0) is 11.2 Å². The molecule has 0 saturated carbocycles. The molecule has 6 nitrogen and oxygen atoms in total. The van der Waals surface area contributed by atoms with Crippen LogP contribution in [0.2, 0.25) is 0 Å². The normalized spacial score (nSPS) is 17.1. The van der Waals surface area contributed by atoms with E-state index in [0.29, 0.717) is 29.1 Å². The van der Waals surface area contributed by atoms with Crippen LogP contribution in [0.1, 0.15) is 15.9 Å². The molecule has 0 bridgehead atoms. The Hall–Kier alpha value is -4.71. The molecule has 6 heteroatoms. The Morgan fingerprint density at radius 3 is 1.91 bits per heavy atom. The molecular formula is C29H24N4O2. The summed E-state index contributed by atoms with van der Waals surface area (Å²) in [4.78, 5) is 27.5. The smallest absolute Gasteiger partial charge is 0.300 e. The molecule has 0 radical (unpaired) electrons. The van der Waals surface area contributed by atoms with E-state index in [2.05, 4.69) is 10.6 Å². The first kappa shape index (κ1) is 22.1. The van der Waals surface area contributed by atoms with E-state index in [-0.39, 0.29) is 11.8 Å². The molecule has 172 valence electrons. The van der Waals surface area contributed by atoms with E-state index >= 15 is 0 Å². The van der Waals surface area contributed by atoms with E-state index in [9.17, 15) is 9.59 Å². The van der Waals surface area contributed by atoms with Crippen molar-refractivity contribution in [3.63, 3.8) is 0 Å². The average molecular weight is 461 g/mol. The molecule has 1 atom stereocenters. The SMILES string of the molecule is O=C(NC1(Nc2ccccc2)C(=O)N(c2ccccc2)N=C1Cc1ccccc1)c1ccccc1. The molecule has 1 heterocycles. The van der Waals surface area contributed by atoms with Crippen molar-refractivity contribution in [1.82, 2.24) is 5.32 Å². The number of hydrogen-bond donors (Lipinski definition) is 2. The molecule has 0 fully saturated rings. The quantitative estimate of drug-likeness (QED) is 0.387. The number of carbonyl (C=O) groups excluding carboxylic acids is 2. The highest BCUT2D eigenvalue weighted by Gasteiger charge is 2.53. The van der Waals surface area contributed by atoms with Gasteiger partial charge in [0.05, 0.1) is 11.4 Å². The third-order valence-electron chi connectivity index (χ3n) is 5.82. The number of nitrogens with one attached hydrogen (secondary N) is 2. The monoisotopic (exact) mass is 460 g/mol. The number of rotatable bonds is 7. The van der Waals surface area contributed by atoms with Gasteiger partial charge in [-0.05, 0) is 42.0 Å². The maximum Gasteiger partial charge on any atom is 0.300 e. The van der Waals surface area contributed by atoms with Crippen LogP contribution in [0.15, 0.2) is 126 Å². The van der Waals surface area contributed by atoms with Gasteiger partial charge in [-0.25, -0.2) is 0 Å². The van der Waals surface area contributed by atoms with Gasteiger partial charge in [-0.3, -0.25) is 9.59 Å². The van der Waals surface area contributed by atoms with Crippen molar-refractivity contribution < 1.29 is 9.59 Å². The maximum absolute atomic E-state index is 14.1. The summed E-state index contributed by atoms with van der Waals surface area (Å²) in [5.41, 5.74) is 1.64. The summed E-state index contributed by atoms with van der Waals surface area (Å²) in [5.74, 6) is -0.763. The van der Waals surface area contributed by atoms with Gasteiger partial charge in [0.1, 0.15) is 0 Å². The van der Waals surface area contributed by atoms with Crippen molar-refractivity contribution in [1.29, 1.82) is 0 Å². The lowest BCUT2D eigenvalue weighted by atomic mass is 9.95. The zero-order valence-corrected chi connectivity index (χ0v) is 19.0. The summed E-state index contributed by atoms with van der Waals surface area (Å²) < 4.78 is 0. The van der Waals surface area contributed by atoms with Crippen LogP contribution >= 0.6 is 0 Å². The van der Waals surface area contributed by atoms with Crippen molar-refractivity contribution in [2.75, 3.05) is 10.3 Å². The zero-order chi connectivity index (χ0) is 24.1. The summed E-state index contributed by atoms with van der Waals surface area (Å²) in [5, 5.41) is 12.4. The molecule has 0 aliphatic carbocycles. The van der Waals surface area contributed by atoms with Gasteiger partial charge in [0, 0.05) is 17.7 Å². The topological polar surface area (TPSA) is 73.8 Å². The fourth-order valence-corrected chi connectivity index (χ4v) is 4.08. The van der Waals surface area contributed by atoms with Crippen molar-refractivity contribution in [3.05, 3.63) is 132 Å². The number of nitrogens with zero attached hydrogens (tertiary/aromatic N) is 2. The predicted octanol–water partition coefficient (Wildman–Crippen LogP) is 4.87. The first-order valence-corrected chi connectivity index (χ1v) is 11.4. The van der Waals surface area contributed by atoms with E-state index < -0.39 is 5.66 Å². The van der Waals surface area contributed by atoms with Gasteiger partial charge in [-0.15, -0.1) is 0 Å². The fourth-order valence-electron chi connectivity index (χ4n) is 4.08. The van der Waals surface area contributed by atoms with Crippen molar-refractivity contribution in [2.24, 2.45) is 5.10 Å². The molecule has 1 unspecified atom stereocenters. The molecule has 0 saturated heterocycles. The number of hydrogen-bond acceptors (Lipinski definition) is 4. The minimum absolute atomic E-state index is 0.366. The largest absolute Gasteiger partial charge is 0.350 e. The first-order chi connectivity index (χ1) is 17.2. The van der Waals surface area contributed by atoms with Crippen LogP contribution in [-0.4, -0.2) is 23.2 Å². The molecule has 4 aromatic carbocycles. The molecule has 4 aromatic rings. The number of carbonyl (C=O) groups is 2. The summed E-state index contributed by atoms with van der Waals surface area (Å²) >= 11 is 0. The second-order valence-electron chi connectivity index (χ2n) is 8.22. The van der Waals surface area contributed by atoms with Crippen molar-refractivity contribution in [2.45, 2.75) is 12.1 Å². The molecule has 5 rings (SSSR count). The molecule has 0 spiro atoms. The number of amides is 2. The standard InChI is InChI=1S/C29H24N4O2/c34-27(23-15-7-2-8-16-23)31-29(30-24-17-9-3-10-18-24)26(21-22-13-5-1-6-14-22)32-33(28(29)35)25-19-11-4-12-20-25/h1-20,30H,21H2,(H,31,34). The summed E-state index contributed by atoms with van der Waals surface area (Å²) in [7, 11) is 0. The number of benzene rings is 4. The third-order valence-corrected chi connectivity index (χ3v) is 5.82.